The minimum absolute atomic E-state index is 0.302. The van der Waals surface area contributed by atoms with E-state index in [-0.39, 0.29) is 5.75 Å². The molecule has 0 radical (unpaired) electrons. The largest absolute Gasteiger partial charge is 0.748 e. The molecule has 4 rings (SSSR count). The number of allylic oxidation sites excluding steroid dienone is 3. The average molecular weight is 429 g/mol. The second-order valence-corrected chi connectivity index (χ2v) is 9.97. The first kappa shape index (κ1) is 20.1. The van der Waals surface area contributed by atoms with Gasteiger partial charge in [-0.2, -0.15) is 4.57 Å². The van der Waals surface area contributed by atoms with Crippen LogP contribution >= 0.6 is 11.3 Å². The number of thiazole rings is 1. The van der Waals surface area contributed by atoms with E-state index in [9.17, 15) is 13.0 Å². The molecule has 1 aliphatic heterocycles. The van der Waals surface area contributed by atoms with E-state index in [1.54, 1.807) is 11.3 Å². The number of fused-ring (bicyclic) bond motifs is 3. The van der Waals surface area contributed by atoms with Gasteiger partial charge < -0.3 is 9.45 Å². The maximum absolute atomic E-state index is 11.1. The third-order valence-corrected chi connectivity index (χ3v) is 7.24. The Morgan fingerprint density at radius 2 is 2.07 bits per heavy atom. The van der Waals surface area contributed by atoms with Gasteiger partial charge >= 0.3 is 0 Å². The molecule has 0 unspecified atom stereocenters. The van der Waals surface area contributed by atoms with Crippen molar-refractivity contribution in [2.45, 2.75) is 25.8 Å². The number of rotatable bonds is 6. The lowest BCUT2D eigenvalue weighted by molar-refractivity contribution is -0.667. The summed E-state index contributed by atoms with van der Waals surface area (Å²) in [4.78, 5) is 2.27. The van der Waals surface area contributed by atoms with Gasteiger partial charge in [0.2, 0.25) is 5.52 Å². The SMILES string of the molecule is CN1CCC/C1=C/C=C/c1sc2ccc3ccccc3c2[n+]1CCCS(=O)(=O)[O-]. The highest BCUT2D eigenvalue weighted by Crippen LogP contribution is 2.29. The van der Waals surface area contributed by atoms with Gasteiger partial charge in [0.25, 0.3) is 5.01 Å². The number of aryl methyl sites for hydroxylation is 1. The van der Waals surface area contributed by atoms with Crippen molar-refractivity contribution in [2.75, 3.05) is 19.3 Å². The van der Waals surface area contributed by atoms with Gasteiger partial charge in [-0.25, -0.2) is 8.42 Å². The fourth-order valence-corrected chi connectivity index (χ4v) is 5.50. The molecule has 0 N–H and O–H groups in total. The van der Waals surface area contributed by atoms with Crippen LogP contribution in [0.25, 0.3) is 27.1 Å². The minimum Gasteiger partial charge on any atom is -0.748 e. The molecule has 1 fully saturated rings. The summed E-state index contributed by atoms with van der Waals surface area (Å²) in [5.74, 6) is -0.347. The average Bonchev–Trinajstić information content (AvgIpc) is 3.24. The second-order valence-electron chi connectivity index (χ2n) is 7.38. The van der Waals surface area contributed by atoms with Crippen LogP contribution < -0.4 is 4.57 Å². The molecular formula is C22H24N2O3S2. The standard InChI is InChI=1S/C22H24N2O3S2/c1-23-14-5-9-18(23)8-4-11-21-24(15-6-16-29(25,26)27)22-19-10-3-2-7-17(19)12-13-20(22)28-21/h2-4,7-8,10-13H,5-6,9,14-16H2,1H3. The normalized spacial score (nSPS) is 16.8. The zero-order valence-corrected chi connectivity index (χ0v) is 18.0. The second kappa shape index (κ2) is 8.26. The fourth-order valence-electron chi connectivity index (χ4n) is 3.90. The van der Waals surface area contributed by atoms with Crippen molar-refractivity contribution in [3.8, 4) is 0 Å². The molecule has 29 heavy (non-hydrogen) atoms. The van der Waals surface area contributed by atoms with E-state index in [2.05, 4.69) is 59.0 Å². The van der Waals surface area contributed by atoms with Gasteiger partial charge in [-0.05, 0) is 36.4 Å². The highest BCUT2D eigenvalue weighted by atomic mass is 32.2. The Balaban J connectivity index is 1.75. The van der Waals surface area contributed by atoms with Crippen LogP contribution in [-0.4, -0.2) is 37.2 Å². The summed E-state index contributed by atoms with van der Waals surface area (Å²) in [5, 5.41) is 3.34. The summed E-state index contributed by atoms with van der Waals surface area (Å²) in [6.07, 6.45) is 8.90. The van der Waals surface area contributed by atoms with Crippen LogP contribution in [0.4, 0.5) is 0 Å². The summed E-state index contributed by atoms with van der Waals surface area (Å²) in [5.41, 5.74) is 2.43. The van der Waals surface area contributed by atoms with Gasteiger partial charge in [0.15, 0.2) is 6.54 Å². The van der Waals surface area contributed by atoms with Gasteiger partial charge in [-0.3, -0.25) is 0 Å². The molecule has 1 aromatic heterocycles. The van der Waals surface area contributed by atoms with Crippen LogP contribution in [0.2, 0.25) is 0 Å². The Kier molecular flexibility index (Phi) is 5.72. The lowest BCUT2D eigenvalue weighted by atomic mass is 10.1. The van der Waals surface area contributed by atoms with Gasteiger partial charge in [0, 0.05) is 37.5 Å². The number of aromatic nitrogens is 1. The predicted octanol–water partition coefficient (Wildman–Crippen LogP) is 3.90. The molecule has 152 valence electrons. The number of hydrogen-bond acceptors (Lipinski definition) is 5. The van der Waals surface area contributed by atoms with E-state index in [1.807, 2.05) is 12.1 Å². The summed E-state index contributed by atoms with van der Waals surface area (Å²) in [6.45, 7) is 1.59. The first-order chi connectivity index (χ1) is 13.9. The van der Waals surface area contributed by atoms with Gasteiger partial charge in [0.1, 0.15) is 4.70 Å². The molecular weight excluding hydrogens is 404 g/mol. The number of benzene rings is 2. The molecule has 2 heterocycles. The third kappa shape index (κ3) is 4.52. The maximum atomic E-state index is 11.1. The lowest BCUT2D eigenvalue weighted by Crippen LogP contribution is -2.36. The molecule has 0 saturated carbocycles. The number of nitrogens with zero attached hydrogens (tertiary/aromatic N) is 2. The Labute approximate surface area is 175 Å². The summed E-state index contributed by atoms with van der Waals surface area (Å²) < 4.78 is 36.6. The first-order valence-corrected chi connectivity index (χ1v) is 12.2. The van der Waals surface area contributed by atoms with Gasteiger partial charge in [0.05, 0.1) is 15.5 Å². The molecule has 7 heteroatoms. The molecule has 3 aromatic rings. The Bertz CT molecular complexity index is 1210. The summed E-state index contributed by atoms with van der Waals surface area (Å²) >= 11 is 1.69. The van der Waals surface area contributed by atoms with E-state index < -0.39 is 10.1 Å². The zero-order chi connectivity index (χ0) is 20.4. The fraction of sp³-hybridized carbons (Fsp3) is 0.318. The number of likely N-dealkylation sites (tertiary alicyclic amines) is 1. The molecule has 1 aliphatic rings. The molecule has 0 aliphatic carbocycles. The van der Waals surface area contributed by atoms with Crippen molar-refractivity contribution >= 4 is 48.5 Å². The summed E-state index contributed by atoms with van der Waals surface area (Å²) in [7, 11) is -2.10. The molecule has 5 nitrogen and oxygen atoms in total. The highest BCUT2D eigenvalue weighted by molar-refractivity contribution is 7.85. The minimum atomic E-state index is -4.21. The number of hydrogen-bond donors (Lipinski definition) is 0. The first-order valence-electron chi connectivity index (χ1n) is 9.78. The monoisotopic (exact) mass is 428 g/mol. The molecule has 0 atom stereocenters. The van der Waals surface area contributed by atoms with E-state index in [1.165, 1.54) is 12.1 Å². The van der Waals surface area contributed by atoms with E-state index in [0.29, 0.717) is 13.0 Å². The van der Waals surface area contributed by atoms with Crippen LogP contribution in [0.3, 0.4) is 0 Å². The Hall–Kier alpha value is -2.22. The van der Waals surface area contributed by atoms with Crippen molar-refractivity contribution in [1.29, 1.82) is 0 Å². The van der Waals surface area contributed by atoms with E-state index in [0.717, 1.165) is 39.0 Å². The molecule has 0 bridgehead atoms. The van der Waals surface area contributed by atoms with Crippen molar-refractivity contribution in [2.24, 2.45) is 0 Å². The van der Waals surface area contributed by atoms with Crippen LogP contribution in [0.15, 0.2) is 54.2 Å². The maximum Gasteiger partial charge on any atom is 0.262 e. The zero-order valence-electron chi connectivity index (χ0n) is 16.4. The van der Waals surface area contributed by atoms with E-state index in [4.69, 9.17) is 0 Å². The van der Waals surface area contributed by atoms with Crippen LogP contribution in [-0.2, 0) is 16.7 Å². The Morgan fingerprint density at radius 3 is 2.83 bits per heavy atom. The topological polar surface area (TPSA) is 64.3 Å². The Morgan fingerprint density at radius 1 is 1.24 bits per heavy atom. The smallest absolute Gasteiger partial charge is 0.262 e. The van der Waals surface area contributed by atoms with Crippen molar-refractivity contribution in [3.63, 3.8) is 0 Å². The van der Waals surface area contributed by atoms with Gasteiger partial charge in [-0.15, -0.1) is 0 Å². The van der Waals surface area contributed by atoms with Crippen molar-refractivity contribution < 1.29 is 17.5 Å². The van der Waals surface area contributed by atoms with E-state index >= 15 is 0 Å². The predicted molar refractivity (Wildman–Crippen MR) is 118 cm³/mol. The van der Waals surface area contributed by atoms with Crippen LogP contribution in [0.1, 0.15) is 24.3 Å². The van der Waals surface area contributed by atoms with Crippen molar-refractivity contribution in [1.82, 2.24) is 4.90 Å². The quantitative estimate of drug-likeness (QED) is 0.441. The lowest BCUT2D eigenvalue weighted by Gasteiger charge is -2.10. The van der Waals surface area contributed by atoms with Gasteiger partial charge in [-0.1, -0.05) is 41.7 Å². The third-order valence-electron chi connectivity index (χ3n) is 5.33. The highest BCUT2D eigenvalue weighted by Gasteiger charge is 2.21. The molecule has 0 spiro atoms. The summed E-state index contributed by atoms with van der Waals surface area (Å²) in [6, 6.07) is 12.4. The molecule has 1 saturated heterocycles. The van der Waals surface area contributed by atoms with Crippen LogP contribution in [0, 0.1) is 0 Å². The molecule has 0 amide bonds. The molecule has 2 aromatic carbocycles. The van der Waals surface area contributed by atoms with Crippen LogP contribution in [0.5, 0.6) is 0 Å². The van der Waals surface area contributed by atoms with Crippen molar-refractivity contribution in [3.05, 3.63) is 59.3 Å².